The molecule has 0 unspecified atom stereocenters. The molecule has 1 N–H and O–H groups in total. The molecule has 0 bridgehead atoms. The molecule has 1 aromatic heterocycles. The van der Waals surface area contributed by atoms with Crippen LogP contribution in [0.1, 0.15) is 36.3 Å². The second-order valence-corrected chi connectivity index (χ2v) is 5.74. The molecule has 2 aliphatic rings. The molecule has 1 aromatic rings. The highest BCUT2D eigenvalue weighted by Crippen LogP contribution is 2.55. The van der Waals surface area contributed by atoms with Gasteiger partial charge in [-0.2, -0.15) is 0 Å². The van der Waals surface area contributed by atoms with Crippen LogP contribution in [-0.2, 0) is 10.2 Å². The highest BCUT2D eigenvalue weighted by atomic mass is 32.1. The minimum atomic E-state index is 0.260. The quantitative estimate of drug-likeness (QED) is 0.831. The highest BCUT2D eigenvalue weighted by molar-refractivity contribution is 7.10. The van der Waals surface area contributed by atoms with Gasteiger partial charge in [-0.1, -0.05) is 0 Å². The number of hydrogen-bond acceptors (Lipinski definition) is 3. The topological polar surface area (TPSA) is 21.3 Å². The van der Waals surface area contributed by atoms with Crippen molar-refractivity contribution in [3.8, 4) is 0 Å². The summed E-state index contributed by atoms with van der Waals surface area (Å²) in [5.74, 6) is 0. The zero-order valence-electron chi connectivity index (χ0n) is 9.25. The molecule has 0 amide bonds. The molecule has 1 spiro atoms. The van der Waals surface area contributed by atoms with Crippen LogP contribution >= 0.6 is 11.3 Å². The second kappa shape index (κ2) is 3.30. The average molecular weight is 223 g/mol. The molecular formula is C12H17NOS. The van der Waals surface area contributed by atoms with Crippen molar-refractivity contribution in [2.75, 3.05) is 13.7 Å². The number of ether oxygens (including phenoxy) is 1. The lowest BCUT2D eigenvalue weighted by molar-refractivity contribution is 0.00593. The first-order valence-corrected chi connectivity index (χ1v) is 6.51. The Balaban J connectivity index is 1.97. The highest BCUT2D eigenvalue weighted by Gasteiger charge is 2.50. The summed E-state index contributed by atoms with van der Waals surface area (Å²) < 4.78 is 6.04. The van der Waals surface area contributed by atoms with E-state index >= 15 is 0 Å². The van der Waals surface area contributed by atoms with Crippen LogP contribution < -0.4 is 5.32 Å². The van der Waals surface area contributed by atoms with Crippen molar-refractivity contribution in [1.29, 1.82) is 0 Å². The van der Waals surface area contributed by atoms with Crippen molar-refractivity contribution < 1.29 is 4.74 Å². The van der Waals surface area contributed by atoms with Crippen molar-refractivity contribution in [3.63, 3.8) is 0 Å². The maximum Gasteiger partial charge on any atom is 0.107 e. The van der Waals surface area contributed by atoms with E-state index in [-0.39, 0.29) is 6.10 Å². The molecule has 3 heteroatoms. The van der Waals surface area contributed by atoms with Crippen molar-refractivity contribution in [2.24, 2.45) is 0 Å². The fourth-order valence-corrected chi connectivity index (χ4v) is 3.64. The molecule has 2 atom stereocenters. The van der Waals surface area contributed by atoms with Gasteiger partial charge in [0.25, 0.3) is 0 Å². The molecule has 0 aromatic carbocycles. The van der Waals surface area contributed by atoms with Gasteiger partial charge in [0.2, 0.25) is 0 Å². The molecule has 2 heterocycles. The third-order valence-electron chi connectivity index (χ3n) is 3.83. The maximum absolute atomic E-state index is 6.04. The largest absolute Gasteiger partial charge is 0.370 e. The lowest BCUT2D eigenvalue weighted by Gasteiger charge is -2.32. The standard InChI is InChI=1S/C12H17NOS/c1-8(13-2)10-11-9(3-6-15-11)12(4-5-12)7-14-10/h3,6,8,10,13H,4-5,7H2,1-2H3/t8-,10+/m1/s1. The minimum Gasteiger partial charge on any atom is -0.370 e. The fraction of sp³-hybridized carbons (Fsp3) is 0.667. The van der Waals surface area contributed by atoms with E-state index in [1.54, 1.807) is 5.56 Å². The van der Waals surface area contributed by atoms with E-state index in [9.17, 15) is 0 Å². The summed E-state index contributed by atoms with van der Waals surface area (Å²) in [6.45, 7) is 3.12. The third-order valence-corrected chi connectivity index (χ3v) is 4.81. The predicted molar refractivity (Wildman–Crippen MR) is 62.4 cm³/mol. The van der Waals surface area contributed by atoms with Gasteiger partial charge in [-0.05, 0) is 43.8 Å². The maximum atomic E-state index is 6.04. The first kappa shape index (κ1) is 9.82. The van der Waals surface area contributed by atoms with Gasteiger partial charge in [0.05, 0.1) is 6.61 Å². The smallest absolute Gasteiger partial charge is 0.107 e. The van der Waals surface area contributed by atoms with Crippen LogP contribution in [0.15, 0.2) is 11.4 Å². The third kappa shape index (κ3) is 1.37. The Morgan fingerprint density at radius 2 is 2.40 bits per heavy atom. The van der Waals surface area contributed by atoms with Gasteiger partial charge in [0.1, 0.15) is 6.10 Å². The minimum absolute atomic E-state index is 0.260. The van der Waals surface area contributed by atoms with Crippen molar-refractivity contribution in [2.45, 2.75) is 37.3 Å². The number of fused-ring (bicyclic) bond motifs is 2. The van der Waals surface area contributed by atoms with Crippen LogP contribution in [0, 0.1) is 0 Å². The SMILES string of the molecule is CN[C@H](C)[C@@H]1OCC2(CC2)c2ccsc21. The number of nitrogens with one attached hydrogen (secondary N) is 1. The van der Waals surface area contributed by atoms with Gasteiger partial charge in [-0.15, -0.1) is 11.3 Å². The van der Waals surface area contributed by atoms with Crippen LogP contribution in [-0.4, -0.2) is 19.7 Å². The Bertz CT molecular complexity index is 369. The zero-order valence-corrected chi connectivity index (χ0v) is 10.1. The average Bonchev–Trinajstić information content (AvgIpc) is 2.85. The van der Waals surface area contributed by atoms with E-state index in [0.29, 0.717) is 11.5 Å². The van der Waals surface area contributed by atoms with E-state index in [1.807, 2.05) is 18.4 Å². The molecule has 3 rings (SSSR count). The summed E-state index contributed by atoms with van der Waals surface area (Å²) >= 11 is 1.85. The number of thiophene rings is 1. The van der Waals surface area contributed by atoms with Crippen LogP contribution in [0.2, 0.25) is 0 Å². The Hall–Kier alpha value is -0.380. The number of likely N-dealkylation sites (N-methyl/N-ethyl adjacent to an activating group) is 1. The summed E-state index contributed by atoms with van der Waals surface area (Å²) in [6.07, 6.45) is 2.89. The van der Waals surface area contributed by atoms with Crippen LogP contribution in [0.3, 0.4) is 0 Å². The summed E-state index contributed by atoms with van der Waals surface area (Å²) in [6, 6.07) is 2.71. The summed E-state index contributed by atoms with van der Waals surface area (Å²) in [5, 5.41) is 5.51. The van der Waals surface area contributed by atoms with Gasteiger partial charge in [0.15, 0.2) is 0 Å². The van der Waals surface area contributed by atoms with E-state index in [2.05, 4.69) is 23.7 Å². The summed E-state index contributed by atoms with van der Waals surface area (Å²) in [7, 11) is 2.00. The van der Waals surface area contributed by atoms with Gasteiger partial charge in [-0.3, -0.25) is 0 Å². The molecular weight excluding hydrogens is 206 g/mol. The Labute approximate surface area is 94.6 Å². The molecule has 1 fully saturated rings. The van der Waals surface area contributed by atoms with Gasteiger partial charge in [-0.25, -0.2) is 0 Å². The summed E-state index contributed by atoms with van der Waals surface area (Å²) in [4.78, 5) is 1.46. The predicted octanol–water partition coefficient (Wildman–Crippen LogP) is 2.46. The molecule has 1 saturated carbocycles. The molecule has 1 aliphatic heterocycles. The second-order valence-electron chi connectivity index (χ2n) is 4.79. The molecule has 82 valence electrons. The first-order valence-electron chi connectivity index (χ1n) is 5.63. The first-order chi connectivity index (χ1) is 7.27. The van der Waals surface area contributed by atoms with Crippen molar-refractivity contribution >= 4 is 11.3 Å². The van der Waals surface area contributed by atoms with E-state index in [1.165, 1.54) is 17.7 Å². The van der Waals surface area contributed by atoms with Gasteiger partial charge in [0, 0.05) is 16.3 Å². The zero-order chi connectivity index (χ0) is 10.5. The Kier molecular flexibility index (Phi) is 2.16. The normalized spacial score (nSPS) is 28.8. The van der Waals surface area contributed by atoms with Gasteiger partial charge >= 0.3 is 0 Å². The Morgan fingerprint density at radius 1 is 1.60 bits per heavy atom. The molecule has 2 nitrogen and oxygen atoms in total. The fourth-order valence-electron chi connectivity index (χ4n) is 2.47. The van der Waals surface area contributed by atoms with E-state index in [0.717, 1.165) is 6.61 Å². The van der Waals surface area contributed by atoms with E-state index in [4.69, 9.17) is 4.74 Å². The lowest BCUT2D eigenvalue weighted by Crippen LogP contribution is -2.36. The van der Waals surface area contributed by atoms with Crippen LogP contribution in [0.25, 0.3) is 0 Å². The van der Waals surface area contributed by atoms with Crippen molar-refractivity contribution in [3.05, 3.63) is 21.9 Å². The Morgan fingerprint density at radius 3 is 3.07 bits per heavy atom. The van der Waals surface area contributed by atoms with E-state index < -0.39 is 0 Å². The van der Waals surface area contributed by atoms with Crippen LogP contribution in [0.5, 0.6) is 0 Å². The number of rotatable bonds is 2. The molecule has 1 aliphatic carbocycles. The van der Waals surface area contributed by atoms with Crippen molar-refractivity contribution in [1.82, 2.24) is 5.32 Å². The molecule has 0 saturated heterocycles. The lowest BCUT2D eigenvalue weighted by atomic mass is 9.91. The summed E-state index contributed by atoms with van der Waals surface area (Å²) in [5.41, 5.74) is 1.99. The molecule has 15 heavy (non-hydrogen) atoms. The monoisotopic (exact) mass is 223 g/mol. The van der Waals surface area contributed by atoms with Crippen LogP contribution in [0.4, 0.5) is 0 Å². The molecule has 0 radical (unpaired) electrons. The van der Waals surface area contributed by atoms with Gasteiger partial charge < -0.3 is 10.1 Å². The number of hydrogen-bond donors (Lipinski definition) is 1.